The number of amidine groups is 1. The molecule has 0 bridgehead atoms. The van der Waals surface area contributed by atoms with E-state index in [0.29, 0.717) is 6.41 Å². The Morgan fingerprint density at radius 3 is 2.30 bits per heavy atom. The van der Waals surface area contributed by atoms with E-state index in [2.05, 4.69) is 4.99 Å². The number of aliphatic imine (C=N–C) groups is 1. The molecule has 1 amide bonds. The molecule has 1 aliphatic rings. The summed E-state index contributed by atoms with van der Waals surface area (Å²) < 4.78 is 10.4. The molecule has 4 N–H and O–H groups in total. The summed E-state index contributed by atoms with van der Waals surface area (Å²) in [5, 5.41) is 19.2. The molecule has 1 saturated heterocycles. The highest BCUT2D eigenvalue weighted by Crippen LogP contribution is 2.25. The number of rotatable bonds is 6. The topological polar surface area (TPSA) is 118 Å². The van der Waals surface area contributed by atoms with Gasteiger partial charge < -0.3 is 25.4 Å². The predicted octanol–water partition coefficient (Wildman–Crippen LogP) is 0.0910. The molecule has 0 aromatic carbocycles. The quantitative estimate of drug-likeness (QED) is 0.360. The van der Waals surface area contributed by atoms with E-state index in [1.807, 2.05) is 27.7 Å². The number of aliphatic hydroxyl groups is 2. The fourth-order valence-electron chi connectivity index (χ4n) is 1.82. The van der Waals surface area contributed by atoms with E-state index in [9.17, 15) is 9.90 Å². The third-order valence-corrected chi connectivity index (χ3v) is 2.85. The van der Waals surface area contributed by atoms with Gasteiger partial charge in [-0.1, -0.05) is 27.7 Å². The van der Waals surface area contributed by atoms with Crippen LogP contribution in [0.4, 0.5) is 0 Å². The largest absolute Gasteiger partial charge is 0.394 e. The van der Waals surface area contributed by atoms with Crippen LogP contribution in [0.2, 0.25) is 0 Å². The molecule has 0 spiro atoms. The van der Waals surface area contributed by atoms with Crippen LogP contribution in [0.25, 0.3) is 0 Å². The molecule has 0 aromatic heterocycles. The number of nitrogens with two attached hydrogens (primary N) is 1. The lowest BCUT2D eigenvalue weighted by Gasteiger charge is -2.23. The molecule has 23 heavy (non-hydrogen) atoms. The summed E-state index contributed by atoms with van der Waals surface area (Å²) in [6.07, 6.45) is -0.188. The summed E-state index contributed by atoms with van der Waals surface area (Å²) in [7, 11) is 2.90. The van der Waals surface area contributed by atoms with Gasteiger partial charge in [-0.25, -0.2) is 0 Å². The van der Waals surface area contributed by atoms with E-state index in [4.69, 9.17) is 20.3 Å². The Labute approximate surface area is 138 Å². The van der Waals surface area contributed by atoms with Crippen molar-refractivity contribution in [2.75, 3.05) is 20.8 Å². The van der Waals surface area contributed by atoms with E-state index >= 15 is 0 Å². The van der Waals surface area contributed by atoms with Gasteiger partial charge in [0.15, 0.2) is 6.23 Å². The van der Waals surface area contributed by atoms with Gasteiger partial charge in [0.05, 0.1) is 6.61 Å². The number of hydrogen-bond donors (Lipinski definition) is 3. The van der Waals surface area contributed by atoms with Crippen LogP contribution in [0.3, 0.4) is 0 Å². The number of carbonyl (C=O) groups excluding carboxylic acids is 1. The molecule has 4 unspecified atom stereocenters. The first-order chi connectivity index (χ1) is 11.1. The highest BCUT2D eigenvalue weighted by molar-refractivity contribution is 5.91. The Morgan fingerprint density at radius 1 is 1.39 bits per heavy atom. The molecule has 4 atom stereocenters. The molecule has 0 saturated carbocycles. The first kappa shape index (κ1) is 23.8. The van der Waals surface area contributed by atoms with Crippen LogP contribution in [0.1, 0.15) is 27.7 Å². The van der Waals surface area contributed by atoms with Crippen LogP contribution < -0.4 is 5.73 Å². The van der Waals surface area contributed by atoms with Crippen LogP contribution in [0.15, 0.2) is 17.3 Å². The molecule has 8 heteroatoms. The second-order valence-corrected chi connectivity index (χ2v) is 3.96. The van der Waals surface area contributed by atoms with Crippen LogP contribution >= 0.6 is 0 Å². The third-order valence-electron chi connectivity index (χ3n) is 2.85. The maximum absolute atomic E-state index is 11.0. The second kappa shape index (κ2) is 14.1. The summed E-state index contributed by atoms with van der Waals surface area (Å²) in [4.78, 5) is 15.8. The van der Waals surface area contributed by atoms with Crippen molar-refractivity contribution in [3.8, 4) is 0 Å². The lowest BCUT2D eigenvalue weighted by Crippen LogP contribution is -2.41. The SMILES string of the molecule is CC.CC.CN=C(N)/C=C\N(C=O)C1OC(CO)C(OC)C1O. The summed E-state index contributed by atoms with van der Waals surface area (Å²) >= 11 is 0. The number of ether oxygens (including phenoxy) is 2. The first-order valence-corrected chi connectivity index (χ1v) is 7.69. The normalized spacial score (nSPS) is 26.9. The van der Waals surface area contributed by atoms with Crippen molar-refractivity contribution in [1.82, 2.24) is 4.90 Å². The fraction of sp³-hybridized carbons (Fsp3) is 0.733. The van der Waals surface area contributed by atoms with Gasteiger partial charge in [0.2, 0.25) is 6.41 Å². The van der Waals surface area contributed by atoms with Crippen molar-refractivity contribution in [2.45, 2.75) is 52.2 Å². The molecule has 136 valence electrons. The number of hydrogen-bond acceptors (Lipinski definition) is 6. The van der Waals surface area contributed by atoms with Crippen molar-refractivity contribution in [3.63, 3.8) is 0 Å². The molecule has 0 aliphatic carbocycles. The summed E-state index contributed by atoms with van der Waals surface area (Å²) in [5.41, 5.74) is 5.47. The van der Waals surface area contributed by atoms with Crippen LogP contribution in [-0.2, 0) is 14.3 Å². The van der Waals surface area contributed by atoms with Crippen LogP contribution in [-0.4, -0.2) is 72.7 Å². The van der Waals surface area contributed by atoms with Crippen LogP contribution in [0.5, 0.6) is 0 Å². The van der Waals surface area contributed by atoms with Crippen molar-refractivity contribution in [2.24, 2.45) is 10.7 Å². The average molecular weight is 333 g/mol. The minimum Gasteiger partial charge on any atom is -0.394 e. The summed E-state index contributed by atoms with van der Waals surface area (Å²) in [6.45, 7) is 7.68. The van der Waals surface area contributed by atoms with Gasteiger partial charge in [-0.05, 0) is 6.08 Å². The van der Waals surface area contributed by atoms with Crippen molar-refractivity contribution in [3.05, 3.63) is 12.3 Å². The number of amides is 1. The standard InChI is InChI=1S/C11H19N3O5.2C2H6/c1-13-8(12)3-4-14(6-16)11-9(17)10(18-2)7(5-15)19-11;2*1-2/h3-4,6-7,9-11,15,17H,5H2,1-2H3,(H2,12,13);2*1-2H3/b4-3-;;. The highest BCUT2D eigenvalue weighted by Gasteiger charge is 2.45. The number of aliphatic hydroxyl groups excluding tert-OH is 2. The zero-order valence-electron chi connectivity index (χ0n) is 14.8. The number of carbonyl (C=O) groups is 1. The van der Waals surface area contributed by atoms with E-state index < -0.39 is 24.5 Å². The Morgan fingerprint density at radius 2 is 1.96 bits per heavy atom. The van der Waals surface area contributed by atoms with E-state index in [0.717, 1.165) is 4.90 Å². The van der Waals surface area contributed by atoms with Gasteiger partial charge in [-0.2, -0.15) is 0 Å². The van der Waals surface area contributed by atoms with Crippen molar-refractivity contribution in [1.29, 1.82) is 0 Å². The second-order valence-electron chi connectivity index (χ2n) is 3.96. The minimum absolute atomic E-state index is 0.223. The molecular weight excluding hydrogens is 302 g/mol. The molecule has 1 rings (SSSR count). The average Bonchev–Trinajstić information content (AvgIpc) is 2.94. The Balaban J connectivity index is 0. The third kappa shape index (κ3) is 7.08. The molecule has 0 aromatic rings. The van der Waals surface area contributed by atoms with E-state index in [1.165, 1.54) is 26.4 Å². The first-order valence-electron chi connectivity index (χ1n) is 7.69. The molecule has 8 nitrogen and oxygen atoms in total. The van der Waals surface area contributed by atoms with Gasteiger partial charge in [-0.3, -0.25) is 14.7 Å². The van der Waals surface area contributed by atoms with Gasteiger partial charge >= 0.3 is 0 Å². The van der Waals surface area contributed by atoms with Gasteiger partial charge in [-0.15, -0.1) is 0 Å². The molecule has 0 radical (unpaired) electrons. The number of nitrogens with zero attached hydrogens (tertiary/aromatic N) is 2. The predicted molar refractivity (Wildman–Crippen MR) is 89.8 cm³/mol. The molecule has 1 heterocycles. The lowest BCUT2D eigenvalue weighted by atomic mass is 10.1. The molecular formula is C15H31N3O5. The lowest BCUT2D eigenvalue weighted by molar-refractivity contribution is -0.132. The summed E-state index contributed by atoms with van der Waals surface area (Å²) in [5.74, 6) is 0.223. The Kier molecular flexibility index (Phi) is 14.6. The van der Waals surface area contributed by atoms with Crippen molar-refractivity contribution < 1.29 is 24.5 Å². The smallest absolute Gasteiger partial charge is 0.215 e. The Hall–Kier alpha value is -1.48. The van der Waals surface area contributed by atoms with Gasteiger partial charge in [0.1, 0.15) is 24.1 Å². The van der Waals surface area contributed by atoms with Crippen LogP contribution in [0, 0.1) is 0 Å². The van der Waals surface area contributed by atoms with Gasteiger partial charge in [0, 0.05) is 20.4 Å². The van der Waals surface area contributed by atoms with Crippen molar-refractivity contribution >= 4 is 12.2 Å². The highest BCUT2D eigenvalue weighted by atomic mass is 16.6. The minimum atomic E-state index is -1.07. The monoisotopic (exact) mass is 333 g/mol. The zero-order chi connectivity index (χ0) is 18.4. The Bertz CT molecular complexity index is 363. The maximum Gasteiger partial charge on any atom is 0.215 e. The van der Waals surface area contributed by atoms with Gasteiger partial charge in [0.25, 0.3) is 0 Å². The van der Waals surface area contributed by atoms with E-state index in [-0.39, 0.29) is 12.4 Å². The fourth-order valence-corrected chi connectivity index (χ4v) is 1.82. The molecule has 1 aliphatic heterocycles. The maximum atomic E-state index is 11.0. The molecule has 1 fully saturated rings. The summed E-state index contributed by atoms with van der Waals surface area (Å²) in [6, 6.07) is 0. The zero-order valence-corrected chi connectivity index (χ0v) is 14.8. The number of methoxy groups -OCH3 is 1. The van der Waals surface area contributed by atoms with E-state index in [1.54, 1.807) is 0 Å².